The summed E-state index contributed by atoms with van der Waals surface area (Å²) in [6.45, 7) is -0.415. The standard InChI is InChI=1S/C11H11ClN2O5S/c1-13(5-11(16)17)10(15)6-20-9-3-2-7(12)4-8(9)14(18)19/h2-4H,5-6H2,1H3,(H,16,17). The van der Waals surface area contributed by atoms with Crippen LogP contribution in [-0.4, -0.2) is 46.2 Å². The molecule has 108 valence electrons. The fraction of sp³-hybridized carbons (Fsp3) is 0.273. The average molecular weight is 319 g/mol. The number of aliphatic carboxylic acids is 1. The van der Waals surface area contributed by atoms with E-state index >= 15 is 0 Å². The zero-order valence-corrected chi connectivity index (χ0v) is 12.0. The molecular weight excluding hydrogens is 308 g/mol. The molecule has 0 unspecified atom stereocenters. The Hall–Kier alpha value is -1.80. The van der Waals surface area contributed by atoms with Crippen molar-refractivity contribution in [3.8, 4) is 0 Å². The van der Waals surface area contributed by atoms with Crippen LogP contribution in [0.4, 0.5) is 5.69 Å². The number of carbonyl (C=O) groups is 2. The summed E-state index contributed by atoms with van der Waals surface area (Å²) in [7, 11) is 1.35. The summed E-state index contributed by atoms with van der Waals surface area (Å²) in [6, 6.07) is 4.15. The lowest BCUT2D eigenvalue weighted by Gasteiger charge is -2.13. The minimum Gasteiger partial charge on any atom is -0.480 e. The van der Waals surface area contributed by atoms with Crippen molar-refractivity contribution in [1.82, 2.24) is 4.90 Å². The number of likely N-dealkylation sites (N-methyl/N-ethyl adjacent to an activating group) is 1. The second-order valence-corrected chi connectivity index (χ2v) is 5.25. The summed E-state index contributed by atoms with van der Waals surface area (Å²) in [4.78, 5) is 33.7. The fourth-order valence-electron chi connectivity index (χ4n) is 1.30. The normalized spacial score (nSPS) is 10.1. The van der Waals surface area contributed by atoms with Gasteiger partial charge in [0.2, 0.25) is 5.91 Å². The molecular formula is C11H11ClN2O5S. The quantitative estimate of drug-likeness (QED) is 0.488. The van der Waals surface area contributed by atoms with E-state index in [0.29, 0.717) is 4.90 Å². The third-order valence-electron chi connectivity index (χ3n) is 2.27. The molecule has 0 bridgehead atoms. The van der Waals surface area contributed by atoms with Gasteiger partial charge >= 0.3 is 5.97 Å². The van der Waals surface area contributed by atoms with Crippen molar-refractivity contribution < 1.29 is 19.6 Å². The van der Waals surface area contributed by atoms with Crippen LogP contribution in [0.2, 0.25) is 5.02 Å². The van der Waals surface area contributed by atoms with Gasteiger partial charge in [-0.3, -0.25) is 19.7 Å². The average Bonchev–Trinajstić information content (AvgIpc) is 2.35. The van der Waals surface area contributed by atoms with E-state index in [1.807, 2.05) is 0 Å². The number of carboxylic acid groups (broad SMARTS) is 1. The number of halogens is 1. The van der Waals surface area contributed by atoms with Crippen LogP contribution in [0.1, 0.15) is 0 Å². The fourth-order valence-corrected chi connectivity index (χ4v) is 2.41. The second kappa shape index (κ2) is 7.11. The number of rotatable bonds is 6. The summed E-state index contributed by atoms with van der Waals surface area (Å²) in [5.74, 6) is -1.64. The number of nitro groups is 1. The predicted octanol–water partition coefficient (Wildman–Crippen LogP) is 1.88. The summed E-state index contributed by atoms with van der Waals surface area (Å²) in [5, 5.41) is 19.7. The lowest BCUT2D eigenvalue weighted by atomic mass is 10.3. The minimum absolute atomic E-state index is 0.0910. The maximum absolute atomic E-state index is 11.6. The number of nitrogens with zero attached hydrogens (tertiary/aromatic N) is 2. The van der Waals surface area contributed by atoms with Gasteiger partial charge in [-0.05, 0) is 12.1 Å². The van der Waals surface area contributed by atoms with Gasteiger partial charge in [0, 0.05) is 18.1 Å². The van der Waals surface area contributed by atoms with E-state index in [0.717, 1.165) is 16.7 Å². The Morgan fingerprint density at radius 2 is 2.15 bits per heavy atom. The molecule has 0 fully saturated rings. The number of nitro benzene ring substituents is 1. The van der Waals surface area contributed by atoms with Gasteiger partial charge in [-0.15, -0.1) is 11.8 Å². The largest absolute Gasteiger partial charge is 0.480 e. The van der Waals surface area contributed by atoms with Crippen molar-refractivity contribution in [2.45, 2.75) is 4.90 Å². The van der Waals surface area contributed by atoms with Crippen LogP contribution >= 0.6 is 23.4 Å². The Morgan fingerprint density at radius 3 is 2.70 bits per heavy atom. The first-order chi connectivity index (χ1) is 9.31. The molecule has 1 amide bonds. The SMILES string of the molecule is CN(CC(=O)O)C(=O)CSc1ccc(Cl)cc1[N+](=O)[O-]. The predicted molar refractivity (Wildman–Crippen MR) is 74.1 cm³/mol. The topological polar surface area (TPSA) is 101 Å². The Kier molecular flexibility index (Phi) is 5.78. The van der Waals surface area contributed by atoms with Crippen molar-refractivity contribution in [3.05, 3.63) is 33.3 Å². The molecule has 1 rings (SSSR count). The van der Waals surface area contributed by atoms with Crippen LogP contribution in [0, 0.1) is 10.1 Å². The molecule has 1 N–H and O–H groups in total. The van der Waals surface area contributed by atoms with E-state index in [2.05, 4.69) is 0 Å². The van der Waals surface area contributed by atoms with E-state index in [4.69, 9.17) is 16.7 Å². The molecule has 0 saturated carbocycles. The van der Waals surface area contributed by atoms with Crippen molar-refractivity contribution in [2.24, 2.45) is 0 Å². The van der Waals surface area contributed by atoms with Crippen LogP contribution in [-0.2, 0) is 9.59 Å². The number of thioether (sulfide) groups is 1. The Balaban J connectivity index is 2.73. The molecule has 0 radical (unpaired) electrons. The molecule has 1 aromatic rings. The minimum atomic E-state index is -1.12. The van der Waals surface area contributed by atoms with E-state index in [9.17, 15) is 19.7 Å². The summed E-state index contributed by atoms with van der Waals surface area (Å²) < 4.78 is 0. The zero-order valence-electron chi connectivity index (χ0n) is 10.4. The molecule has 0 aliphatic carbocycles. The highest BCUT2D eigenvalue weighted by Gasteiger charge is 2.18. The molecule has 9 heteroatoms. The molecule has 0 atom stereocenters. The molecule has 20 heavy (non-hydrogen) atoms. The Morgan fingerprint density at radius 1 is 1.50 bits per heavy atom. The van der Waals surface area contributed by atoms with Crippen LogP contribution in [0.3, 0.4) is 0 Å². The Bertz CT molecular complexity index is 552. The first-order valence-corrected chi connectivity index (χ1v) is 6.70. The molecule has 0 saturated heterocycles. The number of carbonyl (C=O) groups excluding carboxylic acids is 1. The first kappa shape index (κ1) is 16.3. The van der Waals surface area contributed by atoms with E-state index in [-0.39, 0.29) is 16.5 Å². The smallest absolute Gasteiger partial charge is 0.323 e. The number of benzene rings is 1. The van der Waals surface area contributed by atoms with Crippen LogP contribution in [0.5, 0.6) is 0 Å². The molecule has 0 aliphatic rings. The maximum atomic E-state index is 11.6. The van der Waals surface area contributed by atoms with Crippen molar-refractivity contribution in [3.63, 3.8) is 0 Å². The summed E-state index contributed by atoms with van der Waals surface area (Å²) >= 11 is 6.64. The molecule has 0 aliphatic heterocycles. The lowest BCUT2D eigenvalue weighted by Crippen LogP contribution is -2.33. The number of hydrogen-bond acceptors (Lipinski definition) is 5. The van der Waals surface area contributed by atoms with E-state index in [1.165, 1.54) is 25.2 Å². The summed E-state index contributed by atoms with van der Waals surface area (Å²) in [5.41, 5.74) is -0.184. The Labute approximate surface area is 123 Å². The van der Waals surface area contributed by atoms with Gasteiger partial charge in [0.25, 0.3) is 5.69 Å². The van der Waals surface area contributed by atoms with Gasteiger partial charge in [0.05, 0.1) is 15.6 Å². The van der Waals surface area contributed by atoms with Gasteiger partial charge < -0.3 is 10.0 Å². The molecule has 0 spiro atoms. The van der Waals surface area contributed by atoms with Crippen LogP contribution < -0.4 is 0 Å². The summed E-state index contributed by atoms with van der Waals surface area (Å²) in [6.07, 6.45) is 0. The van der Waals surface area contributed by atoms with Crippen LogP contribution in [0.25, 0.3) is 0 Å². The highest BCUT2D eigenvalue weighted by atomic mass is 35.5. The third-order valence-corrected chi connectivity index (χ3v) is 3.55. The van der Waals surface area contributed by atoms with Gasteiger partial charge in [0.1, 0.15) is 6.54 Å². The highest BCUT2D eigenvalue weighted by molar-refractivity contribution is 8.00. The maximum Gasteiger partial charge on any atom is 0.323 e. The van der Waals surface area contributed by atoms with Crippen molar-refractivity contribution >= 4 is 40.9 Å². The van der Waals surface area contributed by atoms with E-state index < -0.39 is 23.3 Å². The molecule has 0 aromatic heterocycles. The van der Waals surface area contributed by atoms with Crippen LogP contribution in [0.15, 0.2) is 23.1 Å². The van der Waals surface area contributed by atoms with Gasteiger partial charge in [0.15, 0.2) is 0 Å². The van der Waals surface area contributed by atoms with Gasteiger partial charge in [-0.2, -0.15) is 0 Å². The second-order valence-electron chi connectivity index (χ2n) is 3.80. The molecule has 0 heterocycles. The van der Waals surface area contributed by atoms with Crippen molar-refractivity contribution in [1.29, 1.82) is 0 Å². The van der Waals surface area contributed by atoms with Gasteiger partial charge in [-0.1, -0.05) is 11.6 Å². The highest BCUT2D eigenvalue weighted by Crippen LogP contribution is 2.31. The molecule has 7 nitrogen and oxygen atoms in total. The lowest BCUT2D eigenvalue weighted by molar-refractivity contribution is -0.387. The van der Waals surface area contributed by atoms with E-state index in [1.54, 1.807) is 0 Å². The first-order valence-electron chi connectivity index (χ1n) is 5.33. The number of amides is 1. The number of carboxylic acids is 1. The third kappa shape index (κ3) is 4.71. The van der Waals surface area contributed by atoms with Gasteiger partial charge in [-0.25, -0.2) is 0 Å². The monoisotopic (exact) mass is 318 g/mol. The van der Waals surface area contributed by atoms with Crippen molar-refractivity contribution in [2.75, 3.05) is 19.3 Å². The molecule has 1 aromatic carbocycles. The zero-order chi connectivity index (χ0) is 15.3. The number of hydrogen-bond donors (Lipinski definition) is 1.